The molecule has 0 radical (unpaired) electrons. The van der Waals surface area contributed by atoms with Crippen LogP contribution in [0, 0.1) is 5.92 Å². The monoisotopic (exact) mass is 247 g/mol. The van der Waals surface area contributed by atoms with E-state index in [2.05, 4.69) is 5.32 Å². The summed E-state index contributed by atoms with van der Waals surface area (Å²) in [5.41, 5.74) is 0. The Morgan fingerprint density at radius 3 is 2.38 bits per heavy atom. The van der Waals surface area contributed by atoms with Crippen LogP contribution in [0.1, 0.15) is 33.1 Å². The van der Waals surface area contributed by atoms with Crippen LogP contribution in [-0.4, -0.2) is 35.0 Å². The number of rotatable bonds is 8. The highest BCUT2D eigenvalue weighted by Crippen LogP contribution is 2.05. The second-order valence-electron chi connectivity index (χ2n) is 4.17. The fourth-order valence-corrected chi connectivity index (χ4v) is 1.65. The van der Waals surface area contributed by atoms with Crippen molar-refractivity contribution >= 4 is 23.6 Å². The fourth-order valence-electron chi connectivity index (χ4n) is 1.18. The van der Waals surface area contributed by atoms with Gasteiger partial charge in [0.15, 0.2) is 0 Å². The van der Waals surface area contributed by atoms with Crippen LogP contribution in [0.3, 0.4) is 0 Å². The van der Waals surface area contributed by atoms with Crippen molar-refractivity contribution in [2.24, 2.45) is 5.92 Å². The number of carbonyl (C=O) groups excluding carboxylic acids is 1. The molecule has 1 unspecified atom stereocenters. The van der Waals surface area contributed by atoms with Gasteiger partial charge in [-0.15, -0.1) is 0 Å². The zero-order valence-corrected chi connectivity index (χ0v) is 11.0. The van der Waals surface area contributed by atoms with Gasteiger partial charge in [0.25, 0.3) is 0 Å². The van der Waals surface area contributed by atoms with E-state index >= 15 is 0 Å². The minimum absolute atomic E-state index is 0.165. The predicted octanol–water partition coefficient (Wildman–Crippen LogP) is 1.75. The van der Waals surface area contributed by atoms with Crippen LogP contribution in [0.15, 0.2) is 0 Å². The molecule has 0 bridgehead atoms. The highest BCUT2D eigenvalue weighted by molar-refractivity contribution is 7.98. The summed E-state index contributed by atoms with van der Waals surface area (Å²) in [5, 5.41) is 11.5. The molecule has 0 aliphatic heterocycles. The van der Waals surface area contributed by atoms with Gasteiger partial charge in [0.2, 0.25) is 5.91 Å². The van der Waals surface area contributed by atoms with Crippen LogP contribution in [0.2, 0.25) is 0 Å². The number of amides is 1. The number of carbonyl (C=O) groups is 2. The molecular weight excluding hydrogens is 226 g/mol. The van der Waals surface area contributed by atoms with Crippen LogP contribution in [0.5, 0.6) is 0 Å². The molecule has 0 fully saturated rings. The van der Waals surface area contributed by atoms with Crippen molar-refractivity contribution in [1.29, 1.82) is 0 Å². The molecular formula is C11H21NO3S. The van der Waals surface area contributed by atoms with Crippen molar-refractivity contribution < 1.29 is 14.7 Å². The third-order valence-electron chi connectivity index (χ3n) is 2.19. The first-order valence-electron chi connectivity index (χ1n) is 5.48. The van der Waals surface area contributed by atoms with E-state index < -0.39 is 12.0 Å². The number of nitrogens with one attached hydrogen (secondary N) is 1. The van der Waals surface area contributed by atoms with Crippen LogP contribution in [0.4, 0.5) is 0 Å². The Morgan fingerprint density at radius 1 is 1.31 bits per heavy atom. The summed E-state index contributed by atoms with van der Waals surface area (Å²) in [7, 11) is 0. The van der Waals surface area contributed by atoms with Gasteiger partial charge in [0.1, 0.15) is 6.04 Å². The SMILES string of the molecule is CSCCC(NC(=O)CCC(C)C)C(=O)O. The number of thioether (sulfide) groups is 1. The maximum absolute atomic E-state index is 11.4. The average Bonchev–Trinajstić information content (AvgIpc) is 2.20. The van der Waals surface area contributed by atoms with E-state index in [-0.39, 0.29) is 5.91 Å². The van der Waals surface area contributed by atoms with Gasteiger partial charge in [-0.05, 0) is 30.8 Å². The van der Waals surface area contributed by atoms with Gasteiger partial charge in [-0.2, -0.15) is 11.8 Å². The van der Waals surface area contributed by atoms with Crippen molar-refractivity contribution in [2.75, 3.05) is 12.0 Å². The molecule has 0 saturated carbocycles. The molecule has 2 N–H and O–H groups in total. The molecule has 4 nitrogen and oxygen atoms in total. The number of hydrogen-bond donors (Lipinski definition) is 2. The summed E-state index contributed by atoms with van der Waals surface area (Å²) in [4.78, 5) is 22.3. The van der Waals surface area contributed by atoms with Gasteiger partial charge < -0.3 is 10.4 Å². The first kappa shape index (κ1) is 15.3. The summed E-state index contributed by atoms with van der Waals surface area (Å²) in [5.74, 6) is 0.0795. The molecule has 0 aliphatic carbocycles. The maximum Gasteiger partial charge on any atom is 0.326 e. The van der Waals surface area contributed by atoms with Gasteiger partial charge in [-0.1, -0.05) is 13.8 Å². The Kier molecular flexibility index (Phi) is 8.07. The first-order valence-corrected chi connectivity index (χ1v) is 6.87. The minimum atomic E-state index is -0.952. The summed E-state index contributed by atoms with van der Waals surface area (Å²) in [6.45, 7) is 4.07. The number of carboxylic acid groups (broad SMARTS) is 1. The van der Waals surface area contributed by atoms with Crippen LogP contribution in [-0.2, 0) is 9.59 Å². The third-order valence-corrected chi connectivity index (χ3v) is 2.84. The topological polar surface area (TPSA) is 66.4 Å². The van der Waals surface area contributed by atoms with E-state index in [1.54, 1.807) is 11.8 Å². The van der Waals surface area contributed by atoms with Gasteiger partial charge >= 0.3 is 5.97 Å². The fraction of sp³-hybridized carbons (Fsp3) is 0.818. The zero-order chi connectivity index (χ0) is 12.6. The summed E-state index contributed by atoms with van der Waals surface area (Å²) in [6.07, 6.45) is 3.59. The molecule has 0 aliphatic rings. The third kappa shape index (κ3) is 7.56. The molecule has 0 heterocycles. The van der Waals surface area contributed by atoms with E-state index in [4.69, 9.17) is 5.11 Å². The number of aliphatic carboxylic acids is 1. The smallest absolute Gasteiger partial charge is 0.326 e. The summed E-state index contributed by atoms with van der Waals surface area (Å²) in [6, 6.07) is -0.743. The largest absolute Gasteiger partial charge is 0.480 e. The van der Waals surface area contributed by atoms with Crippen LogP contribution >= 0.6 is 11.8 Å². The number of carboxylic acids is 1. The van der Waals surface area contributed by atoms with Gasteiger partial charge in [-0.3, -0.25) is 4.79 Å². The minimum Gasteiger partial charge on any atom is -0.480 e. The van der Waals surface area contributed by atoms with E-state index in [0.717, 1.165) is 12.2 Å². The van der Waals surface area contributed by atoms with Crippen molar-refractivity contribution in [3.05, 3.63) is 0 Å². The lowest BCUT2D eigenvalue weighted by Crippen LogP contribution is -2.41. The van der Waals surface area contributed by atoms with Crippen LogP contribution < -0.4 is 5.32 Å². The van der Waals surface area contributed by atoms with E-state index in [1.807, 2.05) is 20.1 Å². The average molecular weight is 247 g/mol. The molecule has 1 amide bonds. The van der Waals surface area contributed by atoms with Gasteiger partial charge in [-0.25, -0.2) is 4.79 Å². The normalized spacial score (nSPS) is 12.5. The molecule has 1 atom stereocenters. The molecule has 0 aromatic rings. The highest BCUT2D eigenvalue weighted by atomic mass is 32.2. The summed E-state index contributed by atoms with van der Waals surface area (Å²) < 4.78 is 0. The molecule has 5 heteroatoms. The Morgan fingerprint density at radius 2 is 1.94 bits per heavy atom. The molecule has 94 valence electrons. The van der Waals surface area contributed by atoms with Crippen molar-refractivity contribution in [3.63, 3.8) is 0 Å². The van der Waals surface area contributed by atoms with E-state index in [0.29, 0.717) is 18.8 Å². The van der Waals surface area contributed by atoms with Crippen molar-refractivity contribution in [2.45, 2.75) is 39.2 Å². The molecule has 0 rings (SSSR count). The van der Waals surface area contributed by atoms with Gasteiger partial charge in [0.05, 0.1) is 0 Å². The summed E-state index contributed by atoms with van der Waals surface area (Å²) >= 11 is 1.58. The zero-order valence-electron chi connectivity index (χ0n) is 10.2. The molecule has 0 aromatic heterocycles. The molecule has 0 spiro atoms. The predicted molar refractivity (Wildman–Crippen MR) is 66.6 cm³/mol. The van der Waals surface area contributed by atoms with Crippen molar-refractivity contribution in [1.82, 2.24) is 5.32 Å². The van der Waals surface area contributed by atoms with E-state index in [1.165, 1.54) is 0 Å². The van der Waals surface area contributed by atoms with Gasteiger partial charge in [0, 0.05) is 6.42 Å². The maximum atomic E-state index is 11.4. The Bertz CT molecular complexity index is 231. The van der Waals surface area contributed by atoms with E-state index in [9.17, 15) is 9.59 Å². The van der Waals surface area contributed by atoms with Crippen LogP contribution in [0.25, 0.3) is 0 Å². The molecule has 0 aromatic carbocycles. The second-order valence-corrected chi connectivity index (χ2v) is 5.16. The quantitative estimate of drug-likeness (QED) is 0.685. The lowest BCUT2D eigenvalue weighted by atomic mass is 10.1. The Labute approximate surface area is 101 Å². The van der Waals surface area contributed by atoms with Crippen molar-refractivity contribution in [3.8, 4) is 0 Å². The lowest BCUT2D eigenvalue weighted by Gasteiger charge is -2.14. The lowest BCUT2D eigenvalue weighted by molar-refractivity contribution is -0.141. The Balaban J connectivity index is 3.98. The molecule has 0 saturated heterocycles. The Hall–Kier alpha value is -0.710. The standard InChI is InChI=1S/C11H21NO3S/c1-8(2)4-5-10(13)12-9(11(14)15)6-7-16-3/h8-9H,4-7H2,1-3H3,(H,12,13)(H,14,15). The first-order chi connectivity index (χ1) is 7.47. The highest BCUT2D eigenvalue weighted by Gasteiger charge is 2.18. The molecule has 16 heavy (non-hydrogen) atoms. The number of hydrogen-bond acceptors (Lipinski definition) is 3. The second kappa shape index (κ2) is 8.44.